The molecule has 3 aromatic heterocycles. The minimum atomic E-state index is -0.861. The molecule has 2 aliphatic rings. The number of aromatic nitrogens is 4. The molecule has 0 radical (unpaired) electrons. The van der Waals surface area contributed by atoms with Gasteiger partial charge >= 0.3 is 26.2 Å². The second-order valence-electron chi connectivity index (χ2n) is 18.9. The third-order valence-electron chi connectivity index (χ3n) is 9.97. The van der Waals surface area contributed by atoms with Crippen LogP contribution in [0.1, 0.15) is 45.0 Å². The Bertz CT molecular complexity index is 2540. The Morgan fingerprint density at radius 2 is 0.508 bits per heavy atom. The molecule has 4 aromatic carbocycles. The molecule has 4 nitrogen and oxygen atoms in total. The van der Waals surface area contributed by atoms with Crippen molar-refractivity contribution in [2.45, 2.75) is 67.0 Å². The van der Waals surface area contributed by atoms with E-state index in [2.05, 4.69) is 226 Å². The van der Waals surface area contributed by atoms with E-state index in [1.165, 1.54) is 22.3 Å². The molecule has 0 N–H and O–H groups in total. The Kier molecular flexibility index (Phi) is 14.8. The first-order valence-corrected chi connectivity index (χ1v) is 28.8. The molecule has 0 unspecified atom stereocenters. The van der Waals surface area contributed by atoms with Gasteiger partial charge in [0.25, 0.3) is 0 Å². The second kappa shape index (κ2) is 19.7. The molecule has 0 fully saturated rings. The maximum absolute atomic E-state index is 5.37. The Morgan fingerprint density at radius 1 is 0.333 bits per heavy atom. The number of nitrogens with zero attached hydrogens (tertiary/aromatic N) is 4. The molecule has 5 heterocycles. The van der Waals surface area contributed by atoms with Gasteiger partial charge in [0.05, 0.1) is 22.8 Å². The van der Waals surface area contributed by atoms with Gasteiger partial charge in [0.1, 0.15) is 0 Å². The summed E-state index contributed by atoms with van der Waals surface area (Å²) in [6.45, 7) is 29.6. The largest absolute Gasteiger partial charge is 4.00 e. The average molecular weight is 935 g/mol. The minimum Gasteiger partial charge on any atom is -0.657 e. The van der Waals surface area contributed by atoms with Gasteiger partial charge in [0, 0.05) is 0 Å². The zero-order chi connectivity index (χ0) is 44.3. The standard InChI is InChI=1S/C48H36N4.2C4H11Si.Zr/c1-29-5-13-33(14-6-29)45-37-21-23-39(49-37)46(34-15-7-30(2)8-16-34)41-25-27-43(51-41)48(36-19-11-32(4)12-20-36)44-28-26-42(52-44)47(40-24-22-38(45)50-40)35-17-9-31(3)10-18-35;2*1-5(2,3)4;/h5-28H,1-4H3;2*1H2,2-4H3;/q-2;2*-1;+4. The average Bonchev–Trinajstić information content (AvgIpc) is 4.04. The van der Waals surface area contributed by atoms with Gasteiger partial charge in [-0.25, -0.2) is 9.97 Å². The number of fused-ring (bicyclic) bond motifs is 8. The van der Waals surface area contributed by atoms with Crippen molar-refractivity contribution < 1.29 is 26.2 Å². The van der Waals surface area contributed by atoms with Gasteiger partial charge in [-0.15, -0.1) is 38.2 Å². The fraction of sp³-hybridized carbons (Fsp3) is 0.179. The summed E-state index contributed by atoms with van der Waals surface area (Å²) in [5.41, 5.74) is 19.9. The molecule has 9 rings (SSSR count). The van der Waals surface area contributed by atoms with Crippen molar-refractivity contribution in [3.8, 4) is 44.5 Å². The topological polar surface area (TPSA) is 54.0 Å². The van der Waals surface area contributed by atoms with E-state index in [1.54, 1.807) is 0 Å². The van der Waals surface area contributed by atoms with Gasteiger partial charge in [-0.2, -0.15) is 0 Å². The summed E-state index contributed by atoms with van der Waals surface area (Å²) >= 11 is 0. The number of benzene rings is 4. The van der Waals surface area contributed by atoms with Gasteiger partial charge in [-0.05, 0) is 96.5 Å². The maximum atomic E-state index is 5.37. The molecule has 0 amide bonds. The summed E-state index contributed by atoms with van der Waals surface area (Å²) in [4.78, 5) is 21.5. The van der Waals surface area contributed by atoms with E-state index < -0.39 is 16.1 Å². The van der Waals surface area contributed by atoms with E-state index in [-0.39, 0.29) is 26.2 Å². The Hall–Kier alpha value is -5.20. The van der Waals surface area contributed by atoms with Crippen LogP contribution in [-0.4, -0.2) is 26.1 Å². The van der Waals surface area contributed by atoms with Gasteiger partial charge in [0.2, 0.25) is 0 Å². The number of hydrogen-bond donors (Lipinski definition) is 0. The molecule has 0 saturated carbocycles. The van der Waals surface area contributed by atoms with Gasteiger partial charge < -0.3 is 23.1 Å². The predicted molar refractivity (Wildman–Crippen MR) is 275 cm³/mol. The molecular weight excluding hydrogens is 876 g/mol. The molecule has 63 heavy (non-hydrogen) atoms. The Morgan fingerprint density at radius 3 is 0.683 bits per heavy atom. The third kappa shape index (κ3) is 12.1. The van der Waals surface area contributed by atoms with Gasteiger partial charge in [0.15, 0.2) is 0 Å². The molecule has 0 saturated heterocycles. The SMILES string of the molecule is Cc1ccc(-c2c3nc(c(-c4ccc(C)cc4)c4ccc([n-]4)c(-c4ccc(C)cc4)c4nc(c(-c5ccc(C)cc5)c5ccc2[n-]5)C=C4)C=C3)cc1.[CH2-][Si](C)(C)C.[CH2-][Si](C)(C)C.[Zr+4]. The molecule has 314 valence electrons. The third-order valence-corrected chi connectivity index (χ3v) is 9.97. The van der Waals surface area contributed by atoms with Crippen molar-refractivity contribution in [2.24, 2.45) is 0 Å². The van der Waals surface area contributed by atoms with E-state index in [9.17, 15) is 0 Å². The van der Waals surface area contributed by atoms with E-state index >= 15 is 0 Å². The zero-order valence-corrected chi connectivity index (χ0v) is 43.0. The molecular formula is C56H58N4Si2Zr. The van der Waals surface area contributed by atoms with Crippen molar-refractivity contribution in [1.29, 1.82) is 0 Å². The normalized spacial score (nSPS) is 11.9. The van der Waals surface area contributed by atoms with Crippen LogP contribution in [-0.2, 0) is 26.2 Å². The molecule has 0 atom stereocenters. The van der Waals surface area contributed by atoms with E-state index in [0.29, 0.717) is 0 Å². The second-order valence-corrected chi connectivity index (χ2v) is 29.2. The van der Waals surface area contributed by atoms with Crippen LogP contribution in [0.5, 0.6) is 0 Å². The molecule has 0 aliphatic carbocycles. The number of rotatable bonds is 4. The van der Waals surface area contributed by atoms with Crippen LogP contribution in [0.4, 0.5) is 0 Å². The Labute approximate surface area is 396 Å². The number of aryl methyl sites for hydroxylation is 4. The monoisotopic (exact) mass is 932 g/mol. The van der Waals surface area contributed by atoms with Crippen LogP contribution in [0, 0.1) is 40.8 Å². The van der Waals surface area contributed by atoms with E-state index in [1.807, 2.05) is 0 Å². The zero-order valence-electron chi connectivity index (χ0n) is 38.6. The van der Waals surface area contributed by atoms with Crippen LogP contribution in [0.15, 0.2) is 121 Å². The molecule has 8 bridgehead atoms. The summed E-state index contributed by atoms with van der Waals surface area (Å²) in [5.74, 6) is 0. The summed E-state index contributed by atoms with van der Waals surface area (Å²) in [5, 5.41) is 0. The minimum absolute atomic E-state index is 0. The summed E-state index contributed by atoms with van der Waals surface area (Å²) in [6.07, 6.45) is 8.48. The van der Waals surface area contributed by atoms with Crippen LogP contribution < -0.4 is 9.97 Å². The summed E-state index contributed by atoms with van der Waals surface area (Å²) < 4.78 is 0. The van der Waals surface area contributed by atoms with Crippen molar-refractivity contribution >= 4 is 62.5 Å². The van der Waals surface area contributed by atoms with Gasteiger partial charge in [-0.3, -0.25) is 0 Å². The van der Waals surface area contributed by atoms with Crippen LogP contribution in [0.3, 0.4) is 0 Å². The van der Waals surface area contributed by atoms with Gasteiger partial charge in [-0.1, -0.05) is 183 Å². The van der Waals surface area contributed by atoms with Crippen molar-refractivity contribution in [1.82, 2.24) is 19.9 Å². The van der Waals surface area contributed by atoms with E-state index in [0.717, 1.165) is 89.4 Å². The predicted octanol–water partition coefficient (Wildman–Crippen LogP) is 15.2. The molecule has 0 spiro atoms. The first-order chi connectivity index (χ1) is 29.4. The Balaban J connectivity index is 0.000000543. The summed E-state index contributed by atoms with van der Waals surface area (Å²) in [7, 11) is -1.72. The molecule has 2 aliphatic heterocycles. The van der Waals surface area contributed by atoms with Crippen molar-refractivity contribution in [3.63, 3.8) is 0 Å². The van der Waals surface area contributed by atoms with Crippen LogP contribution in [0.2, 0.25) is 39.3 Å². The fourth-order valence-electron chi connectivity index (χ4n) is 7.15. The quantitative estimate of drug-likeness (QED) is 0.130. The van der Waals surface area contributed by atoms with Crippen molar-refractivity contribution in [3.05, 3.63) is 179 Å². The summed E-state index contributed by atoms with van der Waals surface area (Å²) in [6, 6.07) is 43.0. The van der Waals surface area contributed by atoms with E-state index in [4.69, 9.17) is 19.9 Å². The van der Waals surface area contributed by atoms with Crippen molar-refractivity contribution in [2.75, 3.05) is 0 Å². The number of hydrogen-bond acceptors (Lipinski definition) is 2. The maximum Gasteiger partial charge on any atom is 4.00 e. The first-order valence-electron chi connectivity index (χ1n) is 21.4. The molecule has 7 aromatic rings. The van der Waals surface area contributed by atoms with Crippen LogP contribution >= 0.6 is 0 Å². The first kappa shape index (κ1) is 47.3. The molecule has 7 heteroatoms. The van der Waals surface area contributed by atoms with Crippen LogP contribution in [0.25, 0.3) is 90.9 Å². The smallest absolute Gasteiger partial charge is 0.657 e. The fourth-order valence-corrected chi connectivity index (χ4v) is 7.15.